The molecule has 1 unspecified atom stereocenters. The highest BCUT2D eigenvalue weighted by molar-refractivity contribution is 6.07. The third kappa shape index (κ3) is 3.35. The molecule has 0 aliphatic rings. The van der Waals surface area contributed by atoms with Crippen molar-refractivity contribution in [2.24, 2.45) is 5.73 Å². The summed E-state index contributed by atoms with van der Waals surface area (Å²) < 4.78 is 4.57. The summed E-state index contributed by atoms with van der Waals surface area (Å²) in [6.45, 7) is 0. The quantitative estimate of drug-likeness (QED) is 0.672. The zero-order valence-electron chi connectivity index (χ0n) is 11.7. The Bertz CT molecular complexity index is 571. The van der Waals surface area contributed by atoms with E-state index >= 15 is 0 Å². The molecule has 2 rings (SSSR count). The molecule has 4 heteroatoms. The fraction of sp³-hybridized carbons (Fsp3) is 0.176. The lowest BCUT2D eigenvalue weighted by atomic mass is 9.85. The lowest BCUT2D eigenvalue weighted by Crippen LogP contribution is -2.42. The van der Waals surface area contributed by atoms with Crippen molar-refractivity contribution in [3.8, 4) is 0 Å². The molecular formula is C17H17NO3. The van der Waals surface area contributed by atoms with E-state index in [2.05, 4.69) is 4.74 Å². The average Bonchev–Trinajstić information content (AvgIpc) is 2.55. The maximum Gasteiger partial charge on any atom is 0.330 e. The highest BCUT2D eigenvalue weighted by Crippen LogP contribution is 2.26. The van der Waals surface area contributed by atoms with Gasteiger partial charge in [0.2, 0.25) is 0 Å². The highest BCUT2D eigenvalue weighted by atomic mass is 16.5. The summed E-state index contributed by atoms with van der Waals surface area (Å²) in [6.07, 6.45) is 0. The number of nitrogens with two attached hydrogens (primary N) is 1. The summed E-state index contributed by atoms with van der Waals surface area (Å²) in [5.74, 6) is -1.68. The molecule has 0 aliphatic carbocycles. The monoisotopic (exact) mass is 283 g/mol. The minimum atomic E-state index is -1.29. The highest BCUT2D eigenvalue weighted by Gasteiger charge is 2.32. The van der Waals surface area contributed by atoms with Crippen molar-refractivity contribution in [1.29, 1.82) is 0 Å². The summed E-state index contributed by atoms with van der Waals surface area (Å²) in [6, 6.07) is 17.2. The van der Waals surface area contributed by atoms with Gasteiger partial charge < -0.3 is 10.5 Å². The summed E-state index contributed by atoms with van der Waals surface area (Å²) >= 11 is 0. The van der Waals surface area contributed by atoms with Gasteiger partial charge >= 0.3 is 5.97 Å². The fourth-order valence-electron chi connectivity index (χ4n) is 2.23. The minimum Gasteiger partial charge on any atom is -0.468 e. The van der Waals surface area contributed by atoms with Gasteiger partial charge in [0.25, 0.3) is 0 Å². The van der Waals surface area contributed by atoms with E-state index in [0.717, 1.165) is 11.1 Å². The summed E-state index contributed by atoms with van der Waals surface area (Å²) in [7, 11) is 1.22. The number of carbonyl (C=O) groups is 2. The minimum absolute atomic E-state index is 0.376. The van der Waals surface area contributed by atoms with Crippen LogP contribution in [0.25, 0.3) is 0 Å². The molecule has 21 heavy (non-hydrogen) atoms. The molecule has 0 aromatic heterocycles. The van der Waals surface area contributed by atoms with Gasteiger partial charge in [-0.1, -0.05) is 60.7 Å². The first-order chi connectivity index (χ1) is 10.1. The number of methoxy groups -OCH3 is 1. The van der Waals surface area contributed by atoms with Crippen LogP contribution < -0.4 is 5.73 Å². The predicted molar refractivity (Wildman–Crippen MR) is 79.7 cm³/mol. The Morgan fingerprint density at radius 1 is 0.905 bits per heavy atom. The van der Waals surface area contributed by atoms with Crippen LogP contribution in [0.3, 0.4) is 0 Å². The van der Waals surface area contributed by atoms with Crippen molar-refractivity contribution >= 4 is 11.8 Å². The molecule has 0 bridgehead atoms. The van der Waals surface area contributed by atoms with E-state index in [1.807, 2.05) is 60.7 Å². The molecule has 0 radical (unpaired) electrons. The normalized spacial score (nSPS) is 12.0. The molecular weight excluding hydrogens is 266 g/mol. The van der Waals surface area contributed by atoms with Crippen LogP contribution in [0.2, 0.25) is 0 Å². The second-order valence-corrected chi connectivity index (χ2v) is 4.66. The van der Waals surface area contributed by atoms with Gasteiger partial charge in [-0.25, -0.2) is 4.79 Å². The van der Waals surface area contributed by atoms with Crippen LogP contribution in [-0.4, -0.2) is 24.9 Å². The summed E-state index contributed by atoms with van der Waals surface area (Å²) in [5.41, 5.74) is 7.32. The van der Waals surface area contributed by atoms with E-state index in [1.54, 1.807) is 0 Å². The summed E-state index contributed by atoms with van der Waals surface area (Å²) in [5, 5.41) is 0. The summed E-state index contributed by atoms with van der Waals surface area (Å²) in [4.78, 5) is 24.2. The Hall–Kier alpha value is -2.46. The smallest absolute Gasteiger partial charge is 0.330 e. The van der Waals surface area contributed by atoms with Gasteiger partial charge in [0.05, 0.1) is 13.0 Å². The lowest BCUT2D eigenvalue weighted by molar-refractivity contribution is -0.145. The molecule has 2 aromatic carbocycles. The average molecular weight is 283 g/mol. The Balaban J connectivity index is 2.42. The van der Waals surface area contributed by atoms with E-state index in [0.29, 0.717) is 0 Å². The number of hydrogen-bond donors (Lipinski definition) is 1. The number of hydrogen-bond acceptors (Lipinski definition) is 4. The van der Waals surface area contributed by atoms with E-state index in [1.165, 1.54) is 7.11 Å². The number of benzene rings is 2. The van der Waals surface area contributed by atoms with Crippen LogP contribution >= 0.6 is 0 Å². The molecule has 4 nitrogen and oxygen atoms in total. The Morgan fingerprint density at radius 2 is 1.33 bits per heavy atom. The van der Waals surface area contributed by atoms with Crippen molar-refractivity contribution < 1.29 is 14.3 Å². The first kappa shape index (κ1) is 14.9. The van der Waals surface area contributed by atoms with E-state index in [4.69, 9.17) is 5.73 Å². The molecule has 108 valence electrons. The molecule has 1 atom stereocenters. The van der Waals surface area contributed by atoms with Gasteiger partial charge in [0.1, 0.15) is 0 Å². The number of Topliss-reactive ketones (excluding diaryl/α,β-unsaturated/α-hetero) is 1. The number of carbonyl (C=O) groups excluding carboxylic acids is 2. The van der Waals surface area contributed by atoms with E-state index < -0.39 is 17.9 Å². The zero-order valence-corrected chi connectivity index (χ0v) is 11.7. The van der Waals surface area contributed by atoms with Crippen LogP contribution in [0.4, 0.5) is 0 Å². The van der Waals surface area contributed by atoms with Crippen LogP contribution in [0.15, 0.2) is 60.7 Å². The maximum absolute atomic E-state index is 12.6. The molecule has 0 heterocycles. The van der Waals surface area contributed by atoms with Crippen LogP contribution in [-0.2, 0) is 14.3 Å². The van der Waals surface area contributed by atoms with Gasteiger partial charge in [-0.2, -0.15) is 0 Å². The van der Waals surface area contributed by atoms with Crippen molar-refractivity contribution in [3.63, 3.8) is 0 Å². The molecule has 2 aromatic rings. The van der Waals surface area contributed by atoms with Gasteiger partial charge in [0.15, 0.2) is 11.8 Å². The van der Waals surface area contributed by atoms with Gasteiger partial charge in [-0.05, 0) is 11.1 Å². The van der Waals surface area contributed by atoms with E-state index in [-0.39, 0.29) is 5.78 Å². The fourth-order valence-corrected chi connectivity index (χ4v) is 2.23. The largest absolute Gasteiger partial charge is 0.468 e. The Kier molecular flexibility index (Phi) is 4.85. The van der Waals surface area contributed by atoms with Gasteiger partial charge in [-0.15, -0.1) is 0 Å². The molecule has 0 saturated heterocycles. The number of rotatable bonds is 5. The van der Waals surface area contributed by atoms with Crippen LogP contribution in [0.1, 0.15) is 17.0 Å². The van der Waals surface area contributed by atoms with Gasteiger partial charge in [0, 0.05) is 0 Å². The van der Waals surface area contributed by atoms with Crippen molar-refractivity contribution in [2.75, 3.05) is 7.11 Å². The van der Waals surface area contributed by atoms with Crippen LogP contribution in [0.5, 0.6) is 0 Å². The second kappa shape index (κ2) is 6.81. The molecule has 0 amide bonds. The van der Waals surface area contributed by atoms with Crippen molar-refractivity contribution in [2.45, 2.75) is 12.0 Å². The van der Waals surface area contributed by atoms with Gasteiger partial charge in [-0.3, -0.25) is 4.79 Å². The molecule has 0 aliphatic heterocycles. The van der Waals surface area contributed by atoms with Crippen molar-refractivity contribution in [3.05, 3.63) is 71.8 Å². The Labute approximate surface area is 123 Å². The second-order valence-electron chi connectivity index (χ2n) is 4.66. The number of esters is 1. The molecule has 0 saturated carbocycles. The van der Waals surface area contributed by atoms with Crippen LogP contribution in [0, 0.1) is 0 Å². The lowest BCUT2D eigenvalue weighted by Gasteiger charge is -2.19. The third-order valence-electron chi connectivity index (χ3n) is 3.31. The van der Waals surface area contributed by atoms with Crippen molar-refractivity contribution in [1.82, 2.24) is 0 Å². The first-order valence-corrected chi connectivity index (χ1v) is 6.62. The third-order valence-corrected chi connectivity index (χ3v) is 3.31. The Morgan fingerprint density at radius 3 is 1.71 bits per heavy atom. The maximum atomic E-state index is 12.6. The molecule has 2 N–H and O–H groups in total. The molecule has 0 spiro atoms. The van der Waals surface area contributed by atoms with E-state index in [9.17, 15) is 9.59 Å². The number of ether oxygens (including phenoxy) is 1. The standard InChI is InChI=1S/C17H17NO3/c1-21-17(20)15(18)16(19)14(12-8-4-2-5-9-12)13-10-6-3-7-11-13/h2-11,14-15H,18H2,1H3. The predicted octanol–water partition coefficient (Wildman–Crippen LogP) is 1.89. The number of ketones is 1. The molecule has 0 fully saturated rings. The zero-order chi connectivity index (χ0) is 15.2. The topological polar surface area (TPSA) is 69.4 Å². The first-order valence-electron chi connectivity index (χ1n) is 6.62. The SMILES string of the molecule is COC(=O)C(N)C(=O)C(c1ccccc1)c1ccccc1.